The van der Waals surface area contributed by atoms with Gasteiger partial charge in [0.1, 0.15) is 5.75 Å². The Morgan fingerprint density at radius 3 is 2.82 bits per heavy atom. The van der Waals surface area contributed by atoms with E-state index in [1.807, 2.05) is 50.2 Å². The van der Waals surface area contributed by atoms with E-state index < -0.39 is 36.0 Å². The lowest BCUT2D eigenvalue weighted by molar-refractivity contribution is -0.180. The van der Waals surface area contributed by atoms with E-state index in [2.05, 4.69) is 27.8 Å². The molecular weight excluding hydrogens is 578 g/mol. The summed E-state index contributed by atoms with van der Waals surface area (Å²) in [5, 5.41) is 18.5. The van der Waals surface area contributed by atoms with Crippen LogP contribution in [0.1, 0.15) is 74.3 Å². The van der Waals surface area contributed by atoms with Crippen molar-refractivity contribution < 1.29 is 33.7 Å². The van der Waals surface area contributed by atoms with Crippen molar-refractivity contribution in [1.82, 2.24) is 20.9 Å². The molecule has 0 bridgehead atoms. The first-order valence-corrected chi connectivity index (χ1v) is 15.3. The zero-order valence-corrected chi connectivity index (χ0v) is 25.9. The Kier molecular flexibility index (Phi) is 12.2. The smallest absolute Gasteiger partial charge is 0.326 e. The predicted molar refractivity (Wildman–Crippen MR) is 167 cm³/mol. The third-order valence-electron chi connectivity index (χ3n) is 7.31. The number of ether oxygens (including phenoxy) is 3. The first-order valence-electron chi connectivity index (χ1n) is 15.3. The van der Waals surface area contributed by atoms with Crippen molar-refractivity contribution in [3.8, 4) is 17.6 Å². The molecule has 2 aromatic carbocycles. The highest BCUT2D eigenvalue weighted by atomic mass is 16.7. The van der Waals surface area contributed by atoms with Crippen LogP contribution in [0.25, 0.3) is 0 Å². The van der Waals surface area contributed by atoms with E-state index in [1.54, 1.807) is 6.07 Å². The average molecular weight is 622 g/mol. The van der Waals surface area contributed by atoms with E-state index in [1.165, 1.54) is 0 Å². The first kappa shape index (κ1) is 33.7. The minimum Gasteiger partial charge on any atom is -0.463 e. The summed E-state index contributed by atoms with van der Waals surface area (Å²) in [4.78, 5) is 36.5. The number of primary amides is 1. The number of fused-ring (bicyclic) bond motifs is 1. The zero-order valence-electron chi connectivity index (χ0n) is 25.9. The van der Waals surface area contributed by atoms with Gasteiger partial charge in [0.05, 0.1) is 25.9 Å². The second kappa shape index (κ2) is 16.2. The monoisotopic (exact) mass is 621 g/mol. The molecule has 2 aliphatic heterocycles. The normalized spacial score (nSPS) is 17.5. The molecule has 6 N–H and O–H groups in total. The van der Waals surface area contributed by atoms with Crippen LogP contribution >= 0.6 is 0 Å². The lowest BCUT2D eigenvalue weighted by Crippen LogP contribution is -2.48. The summed E-state index contributed by atoms with van der Waals surface area (Å²) in [5.74, 6) is 5.79. The van der Waals surface area contributed by atoms with Gasteiger partial charge in [-0.25, -0.2) is 9.59 Å². The molecule has 1 unspecified atom stereocenters. The number of imide groups is 1. The van der Waals surface area contributed by atoms with Crippen molar-refractivity contribution in [2.24, 2.45) is 5.73 Å². The molecule has 1 saturated heterocycles. The zero-order chi connectivity index (χ0) is 32.2. The second-order valence-corrected chi connectivity index (χ2v) is 11.5. The number of aliphatic hydroxyl groups is 1. The molecule has 0 radical (unpaired) electrons. The van der Waals surface area contributed by atoms with Gasteiger partial charge >= 0.3 is 12.1 Å². The van der Waals surface area contributed by atoms with Crippen LogP contribution in [0.5, 0.6) is 5.75 Å². The first-order chi connectivity index (χ1) is 21.6. The average Bonchev–Trinajstić information content (AvgIpc) is 3.25. The van der Waals surface area contributed by atoms with Crippen LogP contribution in [0.4, 0.5) is 9.59 Å². The fourth-order valence-corrected chi connectivity index (χ4v) is 4.96. The van der Waals surface area contributed by atoms with Crippen LogP contribution in [0.3, 0.4) is 0 Å². The maximum absolute atomic E-state index is 12.4. The molecule has 0 aliphatic carbocycles. The highest BCUT2D eigenvalue weighted by molar-refractivity contribution is 6.05. The number of nitrogens with one attached hydrogen (secondary N) is 3. The van der Waals surface area contributed by atoms with Gasteiger partial charge in [-0.05, 0) is 54.8 Å². The maximum Gasteiger partial charge on any atom is 0.326 e. The molecule has 4 rings (SSSR count). The standard InChI is InChI=1S/C33H43N5O7/c1-33(2)44-22-26-19-25(13-14-28(26)45-33)27(39)20-35-15-6-3-4-7-16-43-17-8-5-10-23-11-9-12-24(18-23)21-38-30(40)29(36-31(34)41)37-32(38)42/h9,11-14,18-19,27,29,35,39H,3-4,6-8,15-17,20-22H2,1-2H3,(H,37,42)(H3,34,36,41)/t27-,29?/m0/s1. The molecule has 45 heavy (non-hydrogen) atoms. The number of nitrogens with two attached hydrogens (primary N) is 1. The third-order valence-corrected chi connectivity index (χ3v) is 7.31. The molecule has 1 fully saturated rings. The number of unbranched alkanes of at least 4 members (excludes halogenated alkanes) is 3. The molecule has 0 aromatic heterocycles. The molecular formula is C33H43N5O7. The summed E-state index contributed by atoms with van der Waals surface area (Å²) in [6, 6.07) is 11.5. The van der Waals surface area contributed by atoms with Crippen molar-refractivity contribution in [1.29, 1.82) is 0 Å². The second-order valence-electron chi connectivity index (χ2n) is 11.5. The molecule has 12 heteroatoms. The molecule has 2 aliphatic rings. The number of amides is 5. The van der Waals surface area contributed by atoms with Gasteiger partial charge in [0, 0.05) is 44.5 Å². The number of urea groups is 2. The number of hydrogen-bond donors (Lipinski definition) is 5. The summed E-state index contributed by atoms with van der Waals surface area (Å²) in [7, 11) is 0. The number of nitrogens with zero attached hydrogens (tertiary/aromatic N) is 1. The predicted octanol–water partition coefficient (Wildman–Crippen LogP) is 3.02. The van der Waals surface area contributed by atoms with Crippen molar-refractivity contribution in [2.45, 2.75) is 77.2 Å². The van der Waals surface area contributed by atoms with Gasteiger partial charge in [0.25, 0.3) is 5.91 Å². The van der Waals surface area contributed by atoms with Gasteiger partial charge in [-0.1, -0.05) is 42.9 Å². The van der Waals surface area contributed by atoms with Crippen LogP contribution in [0, 0.1) is 11.8 Å². The summed E-state index contributed by atoms with van der Waals surface area (Å²) in [6.45, 7) is 6.85. The maximum atomic E-state index is 12.4. The molecule has 0 spiro atoms. The van der Waals surface area contributed by atoms with Crippen LogP contribution in [-0.2, 0) is 27.4 Å². The van der Waals surface area contributed by atoms with Gasteiger partial charge < -0.3 is 41.0 Å². The Hall–Kier alpha value is -4.15. The van der Waals surface area contributed by atoms with E-state index >= 15 is 0 Å². The van der Waals surface area contributed by atoms with Crippen LogP contribution in [0.15, 0.2) is 42.5 Å². The minimum atomic E-state index is -1.16. The van der Waals surface area contributed by atoms with Gasteiger partial charge in [0.2, 0.25) is 5.79 Å². The van der Waals surface area contributed by atoms with Crippen molar-refractivity contribution in [2.75, 3.05) is 26.3 Å². The van der Waals surface area contributed by atoms with Gasteiger partial charge in [-0.15, -0.1) is 0 Å². The SMILES string of the molecule is CC1(C)OCc2cc([C@@H](O)CNCCCCCCOCCC#Cc3cccc(CN4C(=O)NC(NC(N)=O)C4=O)c3)ccc2O1. The van der Waals surface area contributed by atoms with Crippen molar-refractivity contribution in [3.05, 3.63) is 64.7 Å². The highest BCUT2D eigenvalue weighted by Crippen LogP contribution is 2.32. The summed E-state index contributed by atoms with van der Waals surface area (Å²) in [5.41, 5.74) is 8.35. The Balaban J connectivity index is 1.02. The number of carbonyl (C=O) groups is 3. The van der Waals surface area contributed by atoms with Crippen LogP contribution < -0.4 is 26.4 Å². The Labute approximate surface area is 264 Å². The Morgan fingerprint density at radius 1 is 1.18 bits per heavy atom. The van der Waals surface area contributed by atoms with Crippen molar-refractivity contribution in [3.63, 3.8) is 0 Å². The lowest BCUT2D eigenvalue weighted by Gasteiger charge is -2.33. The van der Waals surface area contributed by atoms with E-state index in [9.17, 15) is 19.5 Å². The van der Waals surface area contributed by atoms with Crippen LogP contribution in [-0.4, -0.2) is 66.2 Å². The van der Waals surface area contributed by atoms with E-state index in [-0.39, 0.29) is 6.54 Å². The van der Waals surface area contributed by atoms with Gasteiger partial charge in [0.15, 0.2) is 6.17 Å². The number of carbonyl (C=O) groups excluding carboxylic acids is 3. The minimum absolute atomic E-state index is 0.0542. The molecule has 2 atom stereocenters. The number of benzene rings is 2. The van der Waals surface area contributed by atoms with E-state index in [0.29, 0.717) is 32.8 Å². The molecule has 2 heterocycles. The lowest BCUT2D eigenvalue weighted by atomic mass is 10.0. The van der Waals surface area contributed by atoms with Crippen molar-refractivity contribution >= 4 is 18.0 Å². The summed E-state index contributed by atoms with van der Waals surface area (Å²) >= 11 is 0. The van der Waals surface area contributed by atoms with E-state index in [0.717, 1.165) is 65.1 Å². The molecule has 2 aromatic rings. The fourth-order valence-electron chi connectivity index (χ4n) is 4.96. The number of aliphatic hydroxyl groups excluding tert-OH is 1. The largest absolute Gasteiger partial charge is 0.463 e. The Bertz CT molecular complexity index is 1400. The highest BCUT2D eigenvalue weighted by Gasteiger charge is 2.38. The molecule has 0 saturated carbocycles. The third kappa shape index (κ3) is 10.5. The molecule has 12 nitrogen and oxygen atoms in total. The Morgan fingerprint density at radius 2 is 2.00 bits per heavy atom. The van der Waals surface area contributed by atoms with E-state index in [4.69, 9.17) is 19.9 Å². The summed E-state index contributed by atoms with van der Waals surface area (Å²) in [6.07, 6.45) is 3.00. The molecule has 242 valence electrons. The number of hydrogen-bond acceptors (Lipinski definition) is 8. The van der Waals surface area contributed by atoms with Gasteiger partial charge in [-0.3, -0.25) is 9.69 Å². The fraction of sp³-hybridized carbons (Fsp3) is 0.485. The topological polar surface area (TPSA) is 164 Å². The quantitative estimate of drug-likeness (QED) is 0.115. The van der Waals surface area contributed by atoms with Gasteiger partial charge in [-0.2, -0.15) is 0 Å². The number of rotatable bonds is 15. The molecule has 5 amide bonds. The van der Waals surface area contributed by atoms with Crippen LogP contribution in [0.2, 0.25) is 0 Å². The summed E-state index contributed by atoms with van der Waals surface area (Å²) < 4.78 is 17.2.